The Morgan fingerprint density at radius 1 is 1.64 bits per heavy atom. The van der Waals surface area contributed by atoms with Crippen LogP contribution in [0.5, 0.6) is 0 Å². The van der Waals surface area contributed by atoms with E-state index in [1.165, 1.54) is 12.1 Å². The fraction of sp³-hybridized carbons (Fsp3) is 0.300. The Kier molecular flexibility index (Phi) is 3.86. The van der Waals surface area contributed by atoms with Crippen LogP contribution >= 0.6 is 22.6 Å². The van der Waals surface area contributed by atoms with Crippen LogP contribution in [0.15, 0.2) is 18.2 Å². The molecule has 0 aliphatic heterocycles. The largest absolute Gasteiger partial charge is 0.481 e. The lowest BCUT2D eigenvalue weighted by Crippen LogP contribution is -2.04. The molecule has 0 heterocycles. The molecule has 0 amide bonds. The summed E-state index contributed by atoms with van der Waals surface area (Å²) in [5.74, 6) is -1.34. The average molecular weight is 308 g/mol. The van der Waals surface area contributed by atoms with E-state index < -0.39 is 5.97 Å². The number of rotatable bonds is 3. The van der Waals surface area contributed by atoms with E-state index in [2.05, 4.69) is 22.6 Å². The van der Waals surface area contributed by atoms with E-state index in [0.29, 0.717) is 0 Å². The van der Waals surface area contributed by atoms with Crippen molar-refractivity contribution in [3.8, 4) is 0 Å². The van der Waals surface area contributed by atoms with Gasteiger partial charge in [0.25, 0.3) is 0 Å². The van der Waals surface area contributed by atoms with Gasteiger partial charge in [0.2, 0.25) is 0 Å². The van der Waals surface area contributed by atoms with E-state index in [-0.39, 0.29) is 18.2 Å². The number of hydrogen-bond donors (Lipinski definition) is 1. The zero-order valence-corrected chi connectivity index (χ0v) is 9.79. The first-order chi connectivity index (χ1) is 6.50. The van der Waals surface area contributed by atoms with Gasteiger partial charge in [-0.2, -0.15) is 0 Å². The van der Waals surface area contributed by atoms with Crippen molar-refractivity contribution >= 4 is 28.6 Å². The SMILES string of the molecule is CC(CC(=O)O)c1cc(F)ccc1I. The molecule has 1 aromatic carbocycles. The van der Waals surface area contributed by atoms with Crippen molar-refractivity contribution in [3.63, 3.8) is 0 Å². The summed E-state index contributed by atoms with van der Waals surface area (Å²) in [6.07, 6.45) is 0.0272. The molecule has 1 rings (SSSR count). The summed E-state index contributed by atoms with van der Waals surface area (Å²) in [5, 5.41) is 8.61. The summed E-state index contributed by atoms with van der Waals surface area (Å²) in [4.78, 5) is 10.5. The fourth-order valence-corrected chi connectivity index (χ4v) is 2.13. The second-order valence-electron chi connectivity index (χ2n) is 3.16. The van der Waals surface area contributed by atoms with Crippen molar-refractivity contribution in [2.45, 2.75) is 19.3 Å². The summed E-state index contributed by atoms with van der Waals surface area (Å²) in [6, 6.07) is 4.43. The number of aliphatic carboxylic acids is 1. The highest BCUT2D eigenvalue weighted by Crippen LogP contribution is 2.25. The fourth-order valence-electron chi connectivity index (χ4n) is 1.26. The summed E-state index contributed by atoms with van der Waals surface area (Å²) in [5.41, 5.74) is 0.757. The van der Waals surface area contributed by atoms with E-state index in [1.807, 2.05) is 0 Å². The summed E-state index contributed by atoms with van der Waals surface area (Å²) < 4.78 is 13.8. The van der Waals surface area contributed by atoms with E-state index in [9.17, 15) is 9.18 Å². The minimum atomic E-state index is -0.863. The molecule has 1 unspecified atom stereocenters. The molecule has 0 saturated carbocycles. The highest BCUT2D eigenvalue weighted by molar-refractivity contribution is 14.1. The molecule has 1 N–H and O–H groups in total. The van der Waals surface area contributed by atoms with Crippen molar-refractivity contribution in [2.24, 2.45) is 0 Å². The van der Waals surface area contributed by atoms with Crippen LogP contribution in [-0.2, 0) is 4.79 Å². The number of hydrogen-bond acceptors (Lipinski definition) is 1. The molecule has 0 radical (unpaired) electrons. The number of carbonyl (C=O) groups is 1. The monoisotopic (exact) mass is 308 g/mol. The number of halogens is 2. The molecular formula is C10H10FIO2. The van der Waals surface area contributed by atoms with Gasteiger partial charge in [-0.15, -0.1) is 0 Å². The Bertz CT molecular complexity index is 352. The third kappa shape index (κ3) is 2.94. The Labute approximate surface area is 95.3 Å². The first-order valence-corrected chi connectivity index (χ1v) is 5.25. The van der Waals surface area contributed by atoms with Gasteiger partial charge >= 0.3 is 5.97 Å². The lowest BCUT2D eigenvalue weighted by molar-refractivity contribution is -0.137. The maximum absolute atomic E-state index is 12.9. The van der Waals surface area contributed by atoms with Crippen LogP contribution in [0.2, 0.25) is 0 Å². The second-order valence-corrected chi connectivity index (χ2v) is 4.33. The first-order valence-electron chi connectivity index (χ1n) is 4.17. The topological polar surface area (TPSA) is 37.3 Å². The van der Waals surface area contributed by atoms with Gasteiger partial charge in [0.15, 0.2) is 0 Å². The van der Waals surface area contributed by atoms with Crippen LogP contribution in [0.25, 0.3) is 0 Å². The Morgan fingerprint density at radius 3 is 2.86 bits per heavy atom. The van der Waals surface area contributed by atoms with Crippen LogP contribution < -0.4 is 0 Å². The van der Waals surface area contributed by atoms with Gasteiger partial charge in [-0.25, -0.2) is 4.39 Å². The number of carboxylic acids is 1. The summed E-state index contributed by atoms with van der Waals surface area (Å²) in [7, 11) is 0. The zero-order valence-electron chi connectivity index (χ0n) is 7.63. The first kappa shape index (κ1) is 11.4. The lowest BCUT2D eigenvalue weighted by atomic mass is 9.98. The van der Waals surface area contributed by atoms with E-state index >= 15 is 0 Å². The molecule has 1 aromatic rings. The highest BCUT2D eigenvalue weighted by Gasteiger charge is 2.13. The normalized spacial score (nSPS) is 12.5. The highest BCUT2D eigenvalue weighted by atomic mass is 127. The molecule has 0 bridgehead atoms. The third-order valence-corrected chi connectivity index (χ3v) is 2.95. The van der Waals surface area contributed by atoms with Gasteiger partial charge in [0.1, 0.15) is 5.82 Å². The van der Waals surface area contributed by atoms with Gasteiger partial charge in [-0.1, -0.05) is 6.92 Å². The minimum absolute atomic E-state index is 0.0272. The maximum atomic E-state index is 12.9. The van der Waals surface area contributed by atoms with Crippen LogP contribution in [-0.4, -0.2) is 11.1 Å². The molecule has 2 nitrogen and oxygen atoms in total. The Hall–Kier alpha value is -0.650. The standard InChI is InChI=1S/C10H10FIO2/c1-6(4-10(13)14)8-5-7(11)2-3-9(8)12/h2-3,5-6H,4H2,1H3,(H,13,14). The Morgan fingerprint density at radius 2 is 2.29 bits per heavy atom. The van der Waals surface area contributed by atoms with Gasteiger partial charge in [-0.3, -0.25) is 4.79 Å². The van der Waals surface area contributed by atoms with Gasteiger partial charge in [-0.05, 0) is 52.3 Å². The minimum Gasteiger partial charge on any atom is -0.481 e. The third-order valence-electron chi connectivity index (χ3n) is 1.97. The van der Waals surface area contributed by atoms with Crippen molar-refractivity contribution < 1.29 is 14.3 Å². The van der Waals surface area contributed by atoms with Crippen molar-refractivity contribution in [3.05, 3.63) is 33.1 Å². The van der Waals surface area contributed by atoms with Crippen LogP contribution in [0, 0.1) is 9.39 Å². The maximum Gasteiger partial charge on any atom is 0.303 e. The molecule has 14 heavy (non-hydrogen) atoms. The van der Waals surface area contributed by atoms with Crippen molar-refractivity contribution in [1.29, 1.82) is 0 Å². The lowest BCUT2D eigenvalue weighted by Gasteiger charge is -2.11. The molecule has 0 aliphatic carbocycles. The van der Waals surface area contributed by atoms with Crippen LogP contribution in [0.4, 0.5) is 4.39 Å². The van der Waals surface area contributed by atoms with Crippen LogP contribution in [0.1, 0.15) is 24.8 Å². The molecule has 0 saturated heterocycles. The molecule has 0 aromatic heterocycles. The van der Waals surface area contributed by atoms with Gasteiger partial charge < -0.3 is 5.11 Å². The molecule has 4 heteroatoms. The average Bonchev–Trinajstić information content (AvgIpc) is 2.08. The predicted molar refractivity (Wildman–Crippen MR) is 59.8 cm³/mol. The van der Waals surface area contributed by atoms with Crippen molar-refractivity contribution in [2.75, 3.05) is 0 Å². The number of carboxylic acid groups (broad SMARTS) is 1. The molecular weight excluding hydrogens is 298 g/mol. The Balaban J connectivity index is 2.93. The van der Waals surface area contributed by atoms with Crippen molar-refractivity contribution in [1.82, 2.24) is 0 Å². The quantitative estimate of drug-likeness (QED) is 0.872. The smallest absolute Gasteiger partial charge is 0.303 e. The molecule has 0 spiro atoms. The zero-order chi connectivity index (χ0) is 10.7. The molecule has 76 valence electrons. The molecule has 0 aliphatic rings. The molecule has 0 fully saturated rings. The summed E-state index contributed by atoms with van der Waals surface area (Å²) in [6.45, 7) is 1.78. The predicted octanol–water partition coefficient (Wildman–Crippen LogP) is 3.01. The van der Waals surface area contributed by atoms with E-state index in [0.717, 1.165) is 9.13 Å². The second kappa shape index (κ2) is 4.72. The summed E-state index contributed by atoms with van der Waals surface area (Å²) >= 11 is 2.08. The van der Waals surface area contributed by atoms with E-state index in [1.54, 1.807) is 13.0 Å². The number of benzene rings is 1. The molecule has 1 atom stereocenters. The van der Waals surface area contributed by atoms with Crippen LogP contribution in [0.3, 0.4) is 0 Å². The van der Waals surface area contributed by atoms with E-state index in [4.69, 9.17) is 5.11 Å². The van der Waals surface area contributed by atoms with Gasteiger partial charge in [0.05, 0.1) is 6.42 Å². The van der Waals surface area contributed by atoms with Gasteiger partial charge in [0, 0.05) is 3.57 Å².